The molecular weight excluding hydrogens is 276 g/mol. The molecule has 2 amide bonds. The zero-order valence-corrected chi connectivity index (χ0v) is 12.0. The Hall–Kier alpha value is -1.56. The molecule has 0 bridgehead atoms. The number of aliphatic carboxylic acids is 1. The van der Waals surface area contributed by atoms with Crippen LogP contribution >= 0.6 is 11.3 Å². The van der Waals surface area contributed by atoms with Gasteiger partial charge in [0.2, 0.25) is 0 Å². The quantitative estimate of drug-likeness (QED) is 0.896. The topological polar surface area (TPSA) is 69.6 Å². The number of carbonyl (C=O) groups excluding carboxylic acids is 1. The Morgan fingerprint density at radius 2 is 2.25 bits per heavy atom. The molecule has 0 atom stereocenters. The van der Waals surface area contributed by atoms with Crippen LogP contribution in [0.1, 0.15) is 29.7 Å². The van der Waals surface area contributed by atoms with Crippen molar-refractivity contribution < 1.29 is 14.7 Å². The van der Waals surface area contributed by atoms with Gasteiger partial charge in [-0.05, 0) is 36.3 Å². The van der Waals surface area contributed by atoms with Crippen molar-refractivity contribution in [1.29, 1.82) is 0 Å². The van der Waals surface area contributed by atoms with E-state index in [-0.39, 0.29) is 12.6 Å². The van der Waals surface area contributed by atoms with E-state index in [0.29, 0.717) is 25.9 Å². The summed E-state index contributed by atoms with van der Waals surface area (Å²) in [5.41, 5.74) is 0.493. The molecule has 108 valence electrons. The number of amides is 2. The summed E-state index contributed by atoms with van der Waals surface area (Å²) >= 11 is 1.74. The van der Waals surface area contributed by atoms with Crippen LogP contribution in [0, 0.1) is 5.41 Å². The van der Waals surface area contributed by atoms with Crippen LogP contribution in [-0.2, 0) is 17.8 Å². The number of nitrogens with zero attached hydrogens (tertiary/aromatic N) is 1. The monoisotopic (exact) mass is 294 g/mol. The zero-order valence-electron chi connectivity index (χ0n) is 11.2. The number of fused-ring (bicyclic) bond motifs is 1. The maximum atomic E-state index is 12.2. The van der Waals surface area contributed by atoms with Gasteiger partial charge in [0.05, 0.1) is 5.41 Å². The second kappa shape index (κ2) is 5.09. The predicted molar refractivity (Wildman–Crippen MR) is 75.8 cm³/mol. The third-order valence-electron chi connectivity index (χ3n) is 4.44. The van der Waals surface area contributed by atoms with Crippen molar-refractivity contribution in [2.24, 2.45) is 5.41 Å². The van der Waals surface area contributed by atoms with Crippen LogP contribution in [0.15, 0.2) is 11.4 Å². The van der Waals surface area contributed by atoms with Crippen molar-refractivity contribution in [3.63, 3.8) is 0 Å². The van der Waals surface area contributed by atoms with E-state index >= 15 is 0 Å². The molecule has 2 aliphatic rings. The van der Waals surface area contributed by atoms with Gasteiger partial charge >= 0.3 is 12.0 Å². The molecule has 1 aromatic rings. The first-order chi connectivity index (χ1) is 9.61. The number of nitrogens with one attached hydrogen (secondary N) is 1. The van der Waals surface area contributed by atoms with Gasteiger partial charge in [-0.3, -0.25) is 4.79 Å². The van der Waals surface area contributed by atoms with Crippen LogP contribution < -0.4 is 5.32 Å². The standard InChI is InChI=1S/C14H18N2O3S/c17-12(18)14(4-1-5-14)9-15-13(19)16-6-2-11-10(8-16)3-7-20-11/h3,7H,1-2,4-6,8-9H2,(H,15,19)(H,17,18). The number of thiophene rings is 1. The third kappa shape index (κ3) is 2.28. The normalized spacial score (nSPS) is 19.9. The minimum absolute atomic E-state index is 0.144. The third-order valence-corrected chi connectivity index (χ3v) is 5.46. The van der Waals surface area contributed by atoms with E-state index in [1.807, 2.05) is 0 Å². The number of hydrogen-bond donors (Lipinski definition) is 2. The Balaban J connectivity index is 1.57. The minimum atomic E-state index is -0.789. The van der Waals surface area contributed by atoms with Crippen molar-refractivity contribution in [2.75, 3.05) is 13.1 Å². The smallest absolute Gasteiger partial charge is 0.317 e. The number of carboxylic acid groups (broad SMARTS) is 1. The SMILES string of the molecule is O=C(NCC1(C(=O)O)CCC1)N1CCc2sccc2C1. The van der Waals surface area contributed by atoms with Gasteiger partial charge in [0, 0.05) is 24.5 Å². The first-order valence-corrected chi connectivity index (χ1v) is 7.80. The fourth-order valence-corrected chi connectivity index (χ4v) is 3.74. The fourth-order valence-electron chi connectivity index (χ4n) is 2.85. The number of urea groups is 1. The van der Waals surface area contributed by atoms with Crippen LogP contribution in [0.2, 0.25) is 0 Å². The van der Waals surface area contributed by atoms with Gasteiger partial charge in [-0.15, -0.1) is 11.3 Å². The molecule has 1 aliphatic heterocycles. The highest BCUT2D eigenvalue weighted by Gasteiger charge is 2.44. The summed E-state index contributed by atoms with van der Waals surface area (Å²) in [7, 11) is 0. The molecule has 6 heteroatoms. The molecule has 0 saturated heterocycles. The average Bonchev–Trinajstić information content (AvgIpc) is 2.83. The van der Waals surface area contributed by atoms with E-state index in [4.69, 9.17) is 0 Å². The van der Waals surface area contributed by atoms with Gasteiger partial charge in [0.25, 0.3) is 0 Å². The number of carbonyl (C=O) groups is 2. The van der Waals surface area contributed by atoms with Crippen LogP contribution in [0.3, 0.4) is 0 Å². The molecule has 1 fully saturated rings. The number of hydrogen-bond acceptors (Lipinski definition) is 3. The summed E-state index contributed by atoms with van der Waals surface area (Å²) in [6.45, 7) is 1.58. The lowest BCUT2D eigenvalue weighted by Gasteiger charge is -2.38. The largest absolute Gasteiger partial charge is 0.481 e. The molecule has 20 heavy (non-hydrogen) atoms. The lowest BCUT2D eigenvalue weighted by atomic mass is 9.69. The van der Waals surface area contributed by atoms with Crippen LogP contribution in [-0.4, -0.2) is 35.1 Å². The Labute approximate surface area is 121 Å². The summed E-state index contributed by atoms with van der Waals surface area (Å²) in [4.78, 5) is 26.5. The Kier molecular flexibility index (Phi) is 3.41. The lowest BCUT2D eigenvalue weighted by Crippen LogP contribution is -2.51. The summed E-state index contributed by atoms with van der Waals surface area (Å²) in [6, 6.07) is 1.92. The highest BCUT2D eigenvalue weighted by atomic mass is 32.1. The average molecular weight is 294 g/mol. The molecule has 5 nitrogen and oxygen atoms in total. The van der Waals surface area contributed by atoms with E-state index in [1.54, 1.807) is 16.2 Å². The molecule has 3 rings (SSSR count). The molecule has 1 aromatic heterocycles. The van der Waals surface area contributed by atoms with E-state index in [9.17, 15) is 14.7 Å². The van der Waals surface area contributed by atoms with Gasteiger partial charge in [-0.2, -0.15) is 0 Å². The Bertz CT molecular complexity index is 536. The second-order valence-electron chi connectivity index (χ2n) is 5.64. The predicted octanol–water partition coefficient (Wildman–Crippen LogP) is 2.07. The van der Waals surface area contributed by atoms with E-state index in [0.717, 1.165) is 12.8 Å². The van der Waals surface area contributed by atoms with Crippen molar-refractivity contribution in [3.05, 3.63) is 21.9 Å². The van der Waals surface area contributed by atoms with E-state index in [2.05, 4.69) is 16.8 Å². The Morgan fingerprint density at radius 3 is 2.90 bits per heavy atom. The van der Waals surface area contributed by atoms with Crippen molar-refractivity contribution >= 4 is 23.3 Å². The van der Waals surface area contributed by atoms with Gasteiger partial charge in [-0.25, -0.2) is 4.79 Å². The molecule has 0 unspecified atom stereocenters. The van der Waals surface area contributed by atoms with Gasteiger partial charge in [0.1, 0.15) is 0 Å². The molecule has 2 heterocycles. The summed E-state index contributed by atoms with van der Waals surface area (Å²) in [5.74, 6) is -0.789. The first-order valence-electron chi connectivity index (χ1n) is 6.92. The second-order valence-corrected chi connectivity index (χ2v) is 6.64. The van der Waals surface area contributed by atoms with E-state index < -0.39 is 11.4 Å². The molecule has 1 saturated carbocycles. The van der Waals surface area contributed by atoms with Crippen LogP contribution in [0.4, 0.5) is 4.79 Å². The molecule has 1 aliphatic carbocycles. The van der Waals surface area contributed by atoms with Gasteiger partial charge in [0.15, 0.2) is 0 Å². The van der Waals surface area contributed by atoms with Crippen molar-refractivity contribution in [2.45, 2.75) is 32.2 Å². The number of rotatable bonds is 3. The summed E-state index contributed by atoms with van der Waals surface area (Å²) < 4.78 is 0. The minimum Gasteiger partial charge on any atom is -0.481 e. The fraction of sp³-hybridized carbons (Fsp3) is 0.571. The Morgan fingerprint density at radius 1 is 1.45 bits per heavy atom. The van der Waals surface area contributed by atoms with Gasteiger partial charge < -0.3 is 15.3 Å². The summed E-state index contributed by atoms with van der Waals surface area (Å²) in [6.07, 6.45) is 3.16. The molecule has 0 radical (unpaired) electrons. The maximum absolute atomic E-state index is 12.2. The van der Waals surface area contributed by atoms with Gasteiger partial charge in [-0.1, -0.05) is 6.42 Å². The van der Waals surface area contributed by atoms with Crippen molar-refractivity contribution in [3.8, 4) is 0 Å². The van der Waals surface area contributed by atoms with Crippen LogP contribution in [0.25, 0.3) is 0 Å². The van der Waals surface area contributed by atoms with Crippen molar-refractivity contribution in [1.82, 2.24) is 10.2 Å². The summed E-state index contributed by atoms with van der Waals surface area (Å²) in [5, 5.41) is 14.1. The van der Waals surface area contributed by atoms with E-state index in [1.165, 1.54) is 10.4 Å². The zero-order chi connectivity index (χ0) is 14.2. The highest BCUT2D eigenvalue weighted by Crippen LogP contribution is 2.40. The first kappa shape index (κ1) is 13.4. The number of carboxylic acids is 1. The molecule has 2 N–H and O–H groups in total. The lowest BCUT2D eigenvalue weighted by molar-refractivity contribution is -0.153. The van der Waals surface area contributed by atoms with Crippen LogP contribution in [0.5, 0.6) is 0 Å². The maximum Gasteiger partial charge on any atom is 0.317 e. The molecular formula is C14H18N2O3S. The molecule has 0 aromatic carbocycles. The highest BCUT2D eigenvalue weighted by molar-refractivity contribution is 7.10. The molecule has 0 spiro atoms.